The van der Waals surface area contributed by atoms with E-state index in [1.165, 1.54) is 23.3 Å². The molecule has 3 aromatic rings. The van der Waals surface area contributed by atoms with Crippen molar-refractivity contribution in [2.75, 3.05) is 6.61 Å². The Morgan fingerprint density at radius 3 is 2.80 bits per heavy atom. The minimum absolute atomic E-state index is 0.289. The van der Waals surface area contributed by atoms with Crippen LogP contribution in [0.1, 0.15) is 37.5 Å². The maximum atomic E-state index is 6.01. The van der Waals surface area contributed by atoms with Crippen molar-refractivity contribution in [3.05, 3.63) is 35.9 Å². The van der Waals surface area contributed by atoms with Crippen LogP contribution in [0.4, 0.5) is 0 Å². The molecular weight excluding hydrogens is 358 g/mol. The average molecular weight is 375 g/mol. The molecule has 1 atom stereocenters. The minimum Gasteiger partial charge on any atom is -0.485 e. The summed E-state index contributed by atoms with van der Waals surface area (Å²) in [6, 6.07) is 7.63. The summed E-state index contributed by atoms with van der Waals surface area (Å²) in [6.45, 7) is 4.56. The van der Waals surface area contributed by atoms with Crippen molar-refractivity contribution in [1.82, 2.24) is 24.1 Å². The molecule has 0 amide bonds. The van der Waals surface area contributed by atoms with E-state index in [9.17, 15) is 0 Å². The van der Waals surface area contributed by atoms with Crippen LogP contribution in [0, 0.1) is 0 Å². The van der Waals surface area contributed by atoms with Crippen LogP contribution in [0.25, 0.3) is 0 Å². The molecular formula is C16H17N5O2S2. The molecule has 0 aliphatic carbocycles. The molecule has 2 aromatic heterocycles. The second kappa shape index (κ2) is 6.64. The summed E-state index contributed by atoms with van der Waals surface area (Å²) in [4.78, 5) is 4.53. The van der Waals surface area contributed by atoms with Gasteiger partial charge in [0.25, 0.3) is 0 Å². The van der Waals surface area contributed by atoms with Crippen molar-refractivity contribution >= 4 is 23.3 Å². The van der Waals surface area contributed by atoms with E-state index in [1.807, 2.05) is 35.9 Å². The number of fused-ring (bicyclic) bond motifs is 1. The SMILES string of the molecule is CC(C)c1nsc(Sc2nnc(C3COc4ccccc4O3)n2C)n1. The molecule has 0 radical (unpaired) electrons. The highest BCUT2D eigenvalue weighted by molar-refractivity contribution is 8.00. The molecule has 130 valence electrons. The number of para-hydroxylation sites is 2. The maximum Gasteiger partial charge on any atom is 0.198 e. The summed E-state index contributed by atoms with van der Waals surface area (Å²) in [5.41, 5.74) is 0. The summed E-state index contributed by atoms with van der Waals surface area (Å²) in [5, 5.41) is 9.32. The van der Waals surface area contributed by atoms with Crippen molar-refractivity contribution in [3.63, 3.8) is 0 Å². The first kappa shape index (κ1) is 16.3. The van der Waals surface area contributed by atoms with E-state index in [4.69, 9.17) is 9.47 Å². The number of nitrogens with zero attached hydrogens (tertiary/aromatic N) is 5. The lowest BCUT2D eigenvalue weighted by atomic mass is 10.2. The number of hydrogen-bond donors (Lipinski definition) is 0. The minimum atomic E-state index is -0.289. The third kappa shape index (κ3) is 3.21. The quantitative estimate of drug-likeness (QED) is 0.691. The molecule has 1 aliphatic rings. The third-order valence-corrected chi connectivity index (χ3v) is 5.59. The molecule has 25 heavy (non-hydrogen) atoms. The Bertz CT molecular complexity index is 892. The van der Waals surface area contributed by atoms with Crippen molar-refractivity contribution in [1.29, 1.82) is 0 Å². The van der Waals surface area contributed by atoms with Crippen molar-refractivity contribution in [2.24, 2.45) is 7.05 Å². The van der Waals surface area contributed by atoms with Crippen molar-refractivity contribution in [3.8, 4) is 11.5 Å². The highest BCUT2D eigenvalue weighted by atomic mass is 32.2. The molecule has 9 heteroatoms. The molecule has 0 N–H and O–H groups in total. The third-order valence-electron chi connectivity index (χ3n) is 3.78. The molecule has 3 heterocycles. The second-order valence-electron chi connectivity index (χ2n) is 5.94. The highest BCUT2D eigenvalue weighted by Gasteiger charge is 2.27. The first-order chi connectivity index (χ1) is 12.1. The van der Waals surface area contributed by atoms with Gasteiger partial charge >= 0.3 is 0 Å². The Morgan fingerprint density at radius 1 is 1.24 bits per heavy atom. The predicted molar refractivity (Wildman–Crippen MR) is 94.4 cm³/mol. The predicted octanol–water partition coefficient (Wildman–Crippen LogP) is 3.45. The van der Waals surface area contributed by atoms with Crippen LogP contribution >= 0.6 is 23.3 Å². The molecule has 0 spiro atoms. The molecule has 4 rings (SSSR count). The molecule has 1 aliphatic heterocycles. The lowest BCUT2D eigenvalue weighted by Gasteiger charge is -2.25. The van der Waals surface area contributed by atoms with E-state index in [-0.39, 0.29) is 6.10 Å². The second-order valence-corrected chi connectivity index (χ2v) is 7.91. The van der Waals surface area contributed by atoms with Crippen LogP contribution in [0.3, 0.4) is 0 Å². The Morgan fingerprint density at radius 2 is 2.04 bits per heavy atom. The summed E-state index contributed by atoms with van der Waals surface area (Å²) in [6.07, 6.45) is -0.289. The summed E-state index contributed by atoms with van der Waals surface area (Å²) in [7, 11) is 1.92. The molecule has 0 saturated heterocycles. The number of benzene rings is 1. The largest absolute Gasteiger partial charge is 0.485 e. The van der Waals surface area contributed by atoms with Crippen LogP contribution in [-0.2, 0) is 7.05 Å². The highest BCUT2D eigenvalue weighted by Crippen LogP contribution is 2.36. The van der Waals surface area contributed by atoms with Gasteiger partial charge in [0.2, 0.25) is 0 Å². The number of ether oxygens (including phenoxy) is 2. The Labute approximate surface area is 153 Å². The van der Waals surface area contributed by atoms with E-state index in [0.717, 1.165) is 32.6 Å². The first-order valence-corrected chi connectivity index (χ1v) is 9.50. The lowest BCUT2D eigenvalue weighted by molar-refractivity contribution is 0.0825. The van der Waals surface area contributed by atoms with Gasteiger partial charge in [-0.1, -0.05) is 26.0 Å². The van der Waals surface area contributed by atoms with Crippen LogP contribution in [0.5, 0.6) is 11.5 Å². The Balaban J connectivity index is 1.53. The lowest BCUT2D eigenvalue weighted by Crippen LogP contribution is -2.24. The average Bonchev–Trinajstić information content (AvgIpc) is 3.23. The van der Waals surface area contributed by atoms with Crippen LogP contribution in [0.15, 0.2) is 33.8 Å². The van der Waals surface area contributed by atoms with E-state index >= 15 is 0 Å². The molecule has 1 aromatic carbocycles. The Kier molecular flexibility index (Phi) is 4.34. The fourth-order valence-corrected chi connectivity index (χ4v) is 4.07. The standard InChI is InChI=1S/C16H17N5O2S2/c1-9(2)13-17-16(25-20-13)24-15-19-18-14(21(15)3)12-8-22-10-6-4-5-7-11(10)23-12/h4-7,9,12H,8H2,1-3H3. The molecule has 0 saturated carbocycles. The number of aromatic nitrogens is 5. The molecule has 0 bridgehead atoms. The normalized spacial score (nSPS) is 16.4. The van der Waals surface area contributed by atoms with E-state index in [0.29, 0.717) is 12.5 Å². The van der Waals surface area contributed by atoms with Gasteiger partial charge in [0.1, 0.15) is 12.4 Å². The van der Waals surface area contributed by atoms with Gasteiger partial charge in [-0.25, -0.2) is 4.98 Å². The van der Waals surface area contributed by atoms with Crippen LogP contribution in [-0.4, -0.2) is 30.7 Å². The van der Waals surface area contributed by atoms with E-state index in [2.05, 4.69) is 33.4 Å². The zero-order valence-electron chi connectivity index (χ0n) is 14.0. The smallest absolute Gasteiger partial charge is 0.198 e. The first-order valence-electron chi connectivity index (χ1n) is 7.91. The van der Waals surface area contributed by atoms with Crippen molar-refractivity contribution in [2.45, 2.75) is 35.4 Å². The van der Waals surface area contributed by atoms with Gasteiger partial charge in [-0.2, -0.15) is 4.37 Å². The maximum absolute atomic E-state index is 6.01. The topological polar surface area (TPSA) is 75.0 Å². The monoisotopic (exact) mass is 375 g/mol. The Hall–Kier alpha value is -2.13. The van der Waals surface area contributed by atoms with Gasteiger partial charge in [-0.05, 0) is 35.4 Å². The summed E-state index contributed by atoms with van der Waals surface area (Å²) in [5.74, 6) is 3.38. The molecule has 0 fully saturated rings. The summed E-state index contributed by atoms with van der Waals surface area (Å²) < 4.78 is 18.9. The van der Waals surface area contributed by atoms with Gasteiger partial charge in [0, 0.05) is 13.0 Å². The number of hydrogen-bond acceptors (Lipinski definition) is 8. The van der Waals surface area contributed by atoms with Gasteiger partial charge in [-0.3, -0.25) is 0 Å². The van der Waals surface area contributed by atoms with Gasteiger partial charge < -0.3 is 14.0 Å². The van der Waals surface area contributed by atoms with Gasteiger partial charge in [0.05, 0.1) is 0 Å². The van der Waals surface area contributed by atoms with Crippen molar-refractivity contribution < 1.29 is 9.47 Å². The summed E-state index contributed by atoms with van der Waals surface area (Å²) >= 11 is 2.84. The fourth-order valence-electron chi connectivity index (χ4n) is 2.42. The zero-order valence-corrected chi connectivity index (χ0v) is 15.7. The van der Waals surface area contributed by atoms with E-state index < -0.39 is 0 Å². The zero-order chi connectivity index (χ0) is 17.4. The number of rotatable bonds is 4. The van der Waals surface area contributed by atoms with Gasteiger partial charge in [-0.15, -0.1) is 10.2 Å². The van der Waals surface area contributed by atoms with E-state index in [1.54, 1.807) is 0 Å². The fraction of sp³-hybridized carbons (Fsp3) is 0.375. The van der Waals surface area contributed by atoms with Gasteiger partial charge in [0.15, 0.2) is 32.9 Å². The van der Waals surface area contributed by atoms with Crippen LogP contribution < -0.4 is 9.47 Å². The molecule has 7 nitrogen and oxygen atoms in total. The molecule has 1 unspecified atom stereocenters. The van der Waals surface area contributed by atoms with Crippen LogP contribution in [0.2, 0.25) is 0 Å².